The summed E-state index contributed by atoms with van der Waals surface area (Å²) >= 11 is 0. The molecule has 2 aromatic carbocycles. The summed E-state index contributed by atoms with van der Waals surface area (Å²) in [6.07, 6.45) is 3.74. The second-order valence-electron chi connectivity index (χ2n) is 7.68. The maximum Gasteiger partial charge on any atom is 0.269 e. The Morgan fingerprint density at radius 3 is 2.20 bits per heavy atom. The zero-order valence-corrected chi connectivity index (χ0v) is 16.8. The molecular weight excluding hydrogens is 382 g/mol. The molecule has 156 valence electrons. The highest BCUT2D eigenvalue weighted by molar-refractivity contribution is 5.96. The molecule has 8 heteroatoms. The Kier molecular flexibility index (Phi) is 5.76. The lowest BCUT2D eigenvalue weighted by atomic mass is 10.1. The second kappa shape index (κ2) is 8.62. The predicted molar refractivity (Wildman–Crippen MR) is 114 cm³/mol. The Morgan fingerprint density at radius 1 is 0.933 bits per heavy atom. The molecule has 1 saturated heterocycles. The van der Waals surface area contributed by atoms with Crippen LogP contribution in [-0.2, 0) is 13.1 Å². The highest BCUT2D eigenvalue weighted by Gasteiger charge is 2.17. The van der Waals surface area contributed by atoms with Gasteiger partial charge in [-0.25, -0.2) is 0 Å². The summed E-state index contributed by atoms with van der Waals surface area (Å²) in [4.78, 5) is 25.6. The molecule has 30 heavy (non-hydrogen) atoms. The minimum absolute atomic E-state index is 0.0217. The van der Waals surface area contributed by atoms with E-state index in [0.29, 0.717) is 17.7 Å². The lowest BCUT2D eigenvalue weighted by molar-refractivity contribution is -0.384. The van der Waals surface area contributed by atoms with Gasteiger partial charge in [-0.1, -0.05) is 18.6 Å². The number of nitrogens with zero attached hydrogens (tertiary/aromatic N) is 4. The normalized spacial score (nSPS) is 14.8. The Bertz CT molecular complexity index is 1120. The summed E-state index contributed by atoms with van der Waals surface area (Å²) in [5.74, 6) is -0.178. The summed E-state index contributed by atoms with van der Waals surface area (Å²) in [6.45, 7) is 3.82. The molecule has 0 atom stereocenters. The number of imidazole rings is 1. The first-order chi connectivity index (χ1) is 14.5. The molecule has 2 heterocycles. The van der Waals surface area contributed by atoms with Crippen molar-refractivity contribution in [3.05, 3.63) is 69.8 Å². The van der Waals surface area contributed by atoms with Crippen LogP contribution < -0.4 is 5.62 Å². The van der Waals surface area contributed by atoms with Crippen LogP contribution in [0.2, 0.25) is 0 Å². The van der Waals surface area contributed by atoms with Gasteiger partial charge in [-0.15, -0.1) is 0 Å². The number of carbonyl (C=O) groups excluding carboxylic acids is 1. The highest BCUT2D eigenvalue weighted by Crippen LogP contribution is 2.16. The average molecular weight is 407 g/mol. The molecule has 1 aliphatic rings. The number of para-hydroxylation sites is 2. The zero-order valence-electron chi connectivity index (χ0n) is 16.8. The van der Waals surface area contributed by atoms with E-state index >= 15 is 0 Å². The summed E-state index contributed by atoms with van der Waals surface area (Å²) in [6, 6.07) is 13.4. The molecule has 4 rings (SSSR count). The number of nitrogens with one attached hydrogen (secondary N) is 1. The van der Waals surface area contributed by atoms with Crippen molar-refractivity contribution in [1.82, 2.24) is 14.0 Å². The topological polar surface area (TPSA) is 97.2 Å². The molecule has 1 aliphatic heterocycles. The summed E-state index contributed by atoms with van der Waals surface area (Å²) in [5.41, 5.74) is 2.43. The fourth-order valence-electron chi connectivity index (χ4n) is 4.11. The number of rotatable bonds is 7. The largest absolute Gasteiger partial charge is 0.309 e. The molecule has 8 nitrogen and oxygen atoms in total. The van der Waals surface area contributed by atoms with Crippen molar-refractivity contribution >= 4 is 22.5 Å². The molecule has 0 amide bonds. The van der Waals surface area contributed by atoms with Gasteiger partial charge in [0.25, 0.3) is 5.69 Å². The van der Waals surface area contributed by atoms with Gasteiger partial charge in [0.05, 0.1) is 22.5 Å². The Balaban J connectivity index is 1.59. The maximum atomic E-state index is 12.8. The fraction of sp³-hybridized carbons (Fsp3) is 0.364. The first-order valence-electron chi connectivity index (χ1n) is 10.3. The standard InChI is InChI=1S/C22H25N5O3/c23-22-25(15-14-24-12-4-1-5-13-24)19-6-2-3-7-20(19)26(22)16-21(28)17-8-10-18(11-9-17)27(29)30/h2-3,6-11,23H,1,4-5,12-16H2. The van der Waals surface area contributed by atoms with E-state index in [-0.39, 0.29) is 18.0 Å². The third-order valence-corrected chi connectivity index (χ3v) is 5.76. The van der Waals surface area contributed by atoms with Crippen LogP contribution >= 0.6 is 0 Å². The van der Waals surface area contributed by atoms with E-state index in [4.69, 9.17) is 5.41 Å². The number of nitro groups is 1. The van der Waals surface area contributed by atoms with Gasteiger partial charge >= 0.3 is 0 Å². The van der Waals surface area contributed by atoms with Crippen LogP contribution in [-0.4, -0.2) is 44.4 Å². The van der Waals surface area contributed by atoms with E-state index in [2.05, 4.69) is 4.90 Å². The summed E-state index contributed by atoms with van der Waals surface area (Å²) in [7, 11) is 0. The van der Waals surface area contributed by atoms with Crippen LogP contribution in [0.1, 0.15) is 29.6 Å². The van der Waals surface area contributed by atoms with Crippen molar-refractivity contribution < 1.29 is 9.72 Å². The number of ketones is 1. The van der Waals surface area contributed by atoms with E-state index in [0.717, 1.165) is 30.7 Å². The van der Waals surface area contributed by atoms with Crippen LogP contribution in [0.5, 0.6) is 0 Å². The quantitative estimate of drug-likeness (QED) is 0.369. The van der Waals surface area contributed by atoms with Gasteiger partial charge in [0.2, 0.25) is 5.62 Å². The molecule has 0 saturated carbocycles. The molecule has 3 aromatic rings. The molecule has 0 radical (unpaired) electrons. The SMILES string of the molecule is N=c1n(CCN2CCCCC2)c2ccccc2n1CC(=O)c1ccc([N+](=O)[O-])cc1. The van der Waals surface area contributed by atoms with Crippen molar-refractivity contribution in [2.45, 2.75) is 32.4 Å². The van der Waals surface area contributed by atoms with Gasteiger partial charge in [0, 0.05) is 30.8 Å². The number of piperidine rings is 1. The van der Waals surface area contributed by atoms with Gasteiger partial charge in [0.1, 0.15) is 0 Å². The van der Waals surface area contributed by atoms with Crippen LogP contribution in [0.25, 0.3) is 11.0 Å². The number of aromatic nitrogens is 2. The molecule has 1 N–H and O–H groups in total. The van der Waals surface area contributed by atoms with E-state index in [9.17, 15) is 14.9 Å². The monoisotopic (exact) mass is 407 g/mol. The lowest BCUT2D eigenvalue weighted by Crippen LogP contribution is -2.35. The highest BCUT2D eigenvalue weighted by atomic mass is 16.6. The Hall–Kier alpha value is -3.26. The molecular formula is C22H25N5O3. The van der Waals surface area contributed by atoms with Crippen LogP contribution in [0.4, 0.5) is 5.69 Å². The number of carbonyl (C=O) groups is 1. The minimum Gasteiger partial charge on any atom is -0.309 e. The number of Topliss-reactive ketones (excluding diaryl/α,β-unsaturated/α-hetero) is 1. The van der Waals surface area contributed by atoms with Crippen LogP contribution in [0.3, 0.4) is 0 Å². The number of likely N-dealkylation sites (tertiary alicyclic amines) is 1. The fourth-order valence-corrected chi connectivity index (χ4v) is 4.11. The second-order valence-corrected chi connectivity index (χ2v) is 7.68. The number of non-ortho nitro benzene ring substituents is 1. The van der Waals surface area contributed by atoms with Gasteiger partial charge < -0.3 is 14.0 Å². The Labute approximate surface area is 174 Å². The molecule has 0 bridgehead atoms. The van der Waals surface area contributed by atoms with Crippen molar-refractivity contribution in [2.24, 2.45) is 0 Å². The average Bonchev–Trinajstić information content (AvgIpc) is 3.04. The summed E-state index contributed by atoms with van der Waals surface area (Å²) < 4.78 is 3.68. The van der Waals surface area contributed by atoms with Gasteiger partial charge in [-0.2, -0.15) is 0 Å². The number of hydrogen-bond donors (Lipinski definition) is 1. The van der Waals surface area contributed by atoms with E-state index in [1.54, 1.807) is 4.57 Å². The first kappa shape index (κ1) is 20.0. The predicted octanol–water partition coefficient (Wildman–Crippen LogP) is 3.20. The van der Waals surface area contributed by atoms with Gasteiger partial charge in [-0.3, -0.25) is 20.3 Å². The van der Waals surface area contributed by atoms with E-state index < -0.39 is 4.92 Å². The maximum absolute atomic E-state index is 12.8. The molecule has 0 unspecified atom stereocenters. The van der Waals surface area contributed by atoms with Crippen molar-refractivity contribution in [2.75, 3.05) is 19.6 Å². The van der Waals surface area contributed by atoms with Crippen LogP contribution in [0, 0.1) is 15.5 Å². The first-order valence-corrected chi connectivity index (χ1v) is 10.3. The van der Waals surface area contributed by atoms with E-state index in [1.165, 1.54) is 43.5 Å². The van der Waals surface area contributed by atoms with Gasteiger partial charge in [0.15, 0.2) is 5.78 Å². The third kappa shape index (κ3) is 4.04. The number of benzene rings is 2. The Morgan fingerprint density at radius 2 is 1.57 bits per heavy atom. The van der Waals surface area contributed by atoms with Crippen molar-refractivity contribution in [1.29, 1.82) is 5.41 Å². The van der Waals surface area contributed by atoms with E-state index in [1.807, 2.05) is 28.8 Å². The zero-order chi connectivity index (χ0) is 21.1. The molecule has 1 fully saturated rings. The summed E-state index contributed by atoms with van der Waals surface area (Å²) in [5, 5.41) is 19.5. The van der Waals surface area contributed by atoms with Crippen molar-refractivity contribution in [3.63, 3.8) is 0 Å². The van der Waals surface area contributed by atoms with Crippen LogP contribution in [0.15, 0.2) is 48.5 Å². The third-order valence-electron chi connectivity index (χ3n) is 5.76. The number of hydrogen-bond acceptors (Lipinski definition) is 5. The van der Waals surface area contributed by atoms with Gasteiger partial charge in [-0.05, 0) is 50.2 Å². The molecule has 0 spiro atoms. The smallest absolute Gasteiger partial charge is 0.269 e. The lowest BCUT2D eigenvalue weighted by Gasteiger charge is -2.26. The number of nitro benzene ring substituents is 1. The molecule has 1 aromatic heterocycles. The van der Waals surface area contributed by atoms with Crippen molar-refractivity contribution in [3.8, 4) is 0 Å². The minimum atomic E-state index is -0.485. The number of fused-ring (bicyclic) bond motifs is 1. The molecule has 0 aliphatic carbocycles.